The maximum atomic E-state index is 12.5. The zero-order valence-electron chi connectivity index (χ0n) is 15.3. The Labute approximate surface area is 164 Å². The van der Waals surface area contributed by atoms with E-state index in [0.717, 1.165) is 0 Å². The van der Waals surface area contributed by atoms with Gasteiger partial charge in [0.2, 0.25) is 0 Å². The van der Waals surface area contributed by atoms with E-state index in [2.05, 4.69) is 20.6 Å². The van der Waals surface area contributed by atoms with Crippen LogP contribution in [0.3, 0.4) is 0 Å². The summed E-state index contributed by atoms with van der Waals surface area (Å²) in [4.78, 5) is 45.0. The molecule has 1 aliphatic heterocycles. The maximum Gasteiger partial charge on any atom is 0.350 e. The highest BCUT2D eigenvalue weighted by atomic mass is 32.1. The van der Waals surface area contributed by atoms with Gasteiger partial charge >= 0.3 is 18.0 Å². The summed E-state index contributed by atoms with van der Waals surface area (Å²) in [6.45, 7) is 3.31. The smallest absolute Gasteiger partial charge is 0.350 e. The number of urea groups is 1. The lowest BCUT2D eigenvalue weighted by molar-refractivity contribution is -0.138. The van der Waals surface area contributed by atoms with Crippen molar-refractivity contribution in [2.45, 2.75) is 13.8 Å². The van der Waals surface area contributed by atoms with Crippen molar-refractivity contribution in [1.82, 2.24) is 20.6 Å². The van der Waals surface area contributed by atoms with Crippen LogP contribution in [-0.4, -0.2) is 47.7 Å². The van der Waals surface area contributed by atoms with Gasteiger partial charge in [-0.05, 0) is 26.0 Å². The summed E-state index contributed by atoms with van der Waals surface area (Å²) >= 11 is 1.17. The third-order valence-corrected chi connectivity index (χ3v) is 4.95. The molecule has 9 nitrogen and oxygen atoms in total. The zero-order chi connectivity index (χ0) is 20.1. The molecule has 0 unspecified atom stereocenters. The Morgan fingerprint density at radius 1 is 1.25 bits per heavy atom. The van der Waals surface area contributed by atoms with Crippen LogP contribution >= 0.6 is 11.3 Å². The van der Waals surface area contributed by atoms with Gasteiger partial charge < -0.3 is 20.1 Å². The molecule has 0 spiro atoms. The van der Waals surface area contributed by atoms with E-state index >= 15 is 0 Å². The van der Waals surface area contributed by atoms with Crippen LogP contribution in [0.25, 0.3) is 10.7 Å². The predicted octanol–water partition coefficient (Wildman–Crippen LogP) is 1.80. The van der Waals surface area contributed by atoms with E-state index < -0.39 is 18.0 Å². The summed E-state index contributed by atoms with van der Waals surface area (Å²) in [5, 5.41) is 5.58. The monoisotopic (exact) mass is 402 g/mol. The van der Waals surface area contributed by atoms with Crippen molar-refractivity contribution in [2.24, 2.45) is 0 Å². The van der Waals surface area contributed by atoms with E-state index in [1.807, 2.05) is 6.07 Å². The van der Waals surface area contributed by atoms with E-state index in [9.17, 15) is 14.4 Å². The molecular weight excluding hydrogens is 384 g/mol. The largest absolute Gasteiger partial charge is 0.463 e. The fraction of sp³-hybridized carbons (Fsp3) is 0.278. The molecule has 0 bridgehead atoms. The first-order chi connectivity index (χ1) is 13.5. The van der Waals surface area contributed by atoms with Crippen molar-refractivity contribution in [2.75, 3.05) is 19.8 Å². The van der Waals surface area contributed by atoms with Crippen LogP contribution in [0, 0.1) is 6.92 Å². The summed E-state index contributed by atoms with van der Waals surface area (Å²) in [6, 6.07) is 4.95. The molecule has 3 heterocycles. The number of nitrogens with one attached hydrogen (secondary N) is 2. The van der Waals surface area contributed by atoms with Gasteiger partial charge in [0.15, 0.2) is 0 Å². The Kier molecular flexibility index (Phi) is 5.99. The number of rotatable bonds is 6. The van der Waals surface area contributed by atoms with E-state index in [1.54, 1.807) is 32.2 Å². The number of esters is 2. The summed E-state index contributed by atoms with van der Waals surface area (Å²) in [5.74, 6) is -1.17. The number of ether oxygens (including phenoxy) is 2. The summed E-state index contributed by atoms with van der Waals surface area (Å²) in [6.07, 6.45) is 1.65. The second-order valence-corrected chi connectivity index (χ2v) is 6.71. The van der Waals surface area contributed by atoms with Gasteiger partial charge in [-0.3, -0.25) is 4.98 Å². The number of carbonyl (C=O) groups is 3. The average molecular weight is 402 g/mol. The summed E-state index contributed by atoms with van der Waals surface area (Å²) in [7, 11) is 0. The quantitative estimate of drug-likeness (QED) is 0.707. The maximum absolute atomic E-state index is 12.5. The van der Waals surface area contributed by atoms with Crippen molar-refractivity contribution in [3.8, 4) is 10.7 Å². The Balaban J connectivity index is 1.75. The number of aryl methyl sites for hydroxylation is 1. The molecule has 1 aliphatic rings. The Hall–Kier alpha value is -3.27. The Morgan fingerprint density at radius 3 is 2.79 bits per heavy atom. The van der Waals surface area contributed by atoms with E-state index in [4.69, 9.17) is 9.47 Å². The van der Waals surface area contributed by atoms with Crippen LogP contribution < -0.4 is 10.6 Å². The van der Waals surface area contributed by atoms with Crippen LogP contribution in [0.2, 0.25) is 0 Å². The van der Waals surface area contributed by atoms with Crippen molar-refractivity contribution in [3.05, 3.63) is 46.2 Å². The van der Waals surface area contributed by atoms with Gasteiger partial charge in [-0.2, -0.15) is 0 Å². The number of thiazole rings is 1. The molecular formula is C18H18N4O5S. The number of aromatic nitrogens is 2. The van der Waals surface area contributed by atoms with Gasteiger partial charge in [-0.15, -0.1) is 11.3 Å². The summed E-state index contributed by atoms with van der Waals surface area (Å²) in [5.41, 5.74) is 1.59. The van der Waals surface area contributed by atoms with Crippen LogP contribution in [0.15, 0.2) is 35.7 Å². The zero-order valence-corrected chi connectivity index (χ0v) is 16.1. The Morgan fingerprint density at radius 2 is 2.07 bits per heavy atom. The minimum absolute atomic E-state index is 0.000953. The van der Waals surface area contributed by atoms with Gasteiger partial charge in [-0.25, -0.2) is 19.4 Å². The first-order valence-corrected chi connectivity index (χ1v) is 9.31. The number of nitrogens with zero attached hydrogens (tertiary/aromatic N) is 2. The van der Waals surface area contributed by atoms with Gasteiger partial charge in [0.05, 0.1) is 35.8 Å². The molecule has 3 rings (SSSR count). The first kappa shape index (κ1) is 19.5. The van der Waals surface area contributed by atoms with Crippen molar-refractivity contribution < 1.29 is 23.9 Å². The number of carbonyl (C=O) groups excluding carboxylic acids is 3. The number of amides is 2. The first-order valence-electron chi connectivity index (χ1n) is 8.49. The van der Waals surface area contributed by atoms with Crippen LogP contribution in [0.5, 0.6) is 0 Å². The van der Waals surface area contributed by atoms with Gasteiger partial charge in [0.1, 0.15) is 16.5 Å². The third-order valence-electron chi connectivity index (χ3n) is 3.79. The molecule has 2 N–H and O–H groups in total. The van der Waals surface area contributed by atoms with E-state index in [0.29, 0.717) is 21.3 Å². The lowest BCUT2D eigenvalue weighted by Gasteiger charge is -2.21. The minimum Gasteiger partial charge on any atom is -0.463 e. The van der Waals surface area contributed by atoms with Crippen molar-refractivity contribution in [3.63, 3.8) is 0 Å². The molecule has 0 radical (unpaired) electrons. The molecule has 2 amide bonds. The van der Waals surface area contributed by atoms with Gasteiger partial charge in [-0.1, -0.05) is 6.07 Å². The molecule has 146 valence electrons. The molecule has 0 aliphatic carbocycles. The van der Waals surface area contributed by atoms with Gasteiger partial charge in [0.25, 0.3) is 0 Å². The summed E-state index contributed by atoms with van der Waals surface area (Å²) < 4.78 is 10.3. The molecule has 0 aromatic carbocycles. The lowest BCUT2D eigenvalue weighted by atomic mass is 10.2. The number of hydrogen-bond donors (Lipinski definition) is 2. The number of hydrogen-bond acceptors (Lipinski definition) is 8. The molecule has 2 aromatic heterocycles. The fourth-order valence-corrected chi connectivity index (χ4v) is 3.39. The minimum atomic E-state index is -0.597. The highest BCUT2D eigenvalue weighted by Gasteiger charge is 2.25. The lowest BCUT2D eigenvalue weighted by Crippen LogP contribution is -2.45. The molecule has 0 fully saturated rings. The third kappa shape index (κ3) is 4.34. The van der Waals surface area contributed by atoms with Crippen LogP contribution in [0.4, 0.5) is 4.79 Å². The molecule has 10 heteroatoms. The normalized spacial score (nSPS) is 13.6. The molecule has 2 aromatic rings. The molecule has 0 saturated carbocycles. The van der Waals surface area contributed by atoms with E-state index in [1.165, 1.54) is 11.3 Å². The second kappa shape index (κ2) is 8.61. The van der Waals surface area contributed by atoms with Crippen molar-refractivity contribution in [1.29, 1.82) is 0 Å². The van der Waals surface area contributed by atoms with Gasteiger partial charge in [0, 0.05) is 6.20 Å². The molecule has 28 heavy (non-hydrogen) atoms. The Bertz CT molecular complexity index is 939. The highest BCUT2D eigenvalue weighted by molar-refractivity contribution is 7.17. The second-order valence-electron chi connectivity index (χ2n) is 5.71. The van der Waals surface area contributed by atoms with E-state index in [-0.39, 0.29) is 31.0 Å². The highest BCUT2D eigenvalue weighted by Crippen LogP contribution is 2.27. The molecule has 0 atom stereocenters. The van der Waals surface area contributed by atoms with Crippen molar-refractivity contribution >= 4 is 29.3 Å². The SMILES string of the molecule is CCOC(=O)C1=C(COC(=O)c2sc(-c3ccccn3)nc2C)NC(=O)NC1. The fourth-order valence-electron chi connectivity index (χ4n) is 2.46. The average Bonchev–Trinajstić information content (AvgIpc) is 3.09. The standard InChI is InChI=1S/C18H18N4O5S/c1-3-26-16(23)11-8-20-18(25)22-13(11)9-27-17(24)14-10(2)21-15(28-14)12-6-4-5-7-19-12/h4-7H,3,8-9H2,1-2H3,(H2,20,22,25). The van der Waals surface area contributed by atoms with Crippen LogP contribution in [-0.2, 0) is 14.3 Å². The molecule has 0 saturated heterocycles. The predicted molar refractivity (Wildman–Crippen MR) is 101 cm³/mol. The topological polar surface area (TPSA) is 120 Å². The number of pyridine rings is 1. The van der Waals surface area contributed by atoms with Crippen LogP contribution in [0.1, 0.15) is 22.3 Å².